The van der Waals surface area contributed by atoms with Crippen LogP contribution in [-0.4, -0.2) is 20.9 Å². The molecule has 5 heteroatoms. The summed E-state index contributed by atoms with van der Waals surface area (Å²) in [5.41, 5.74) is 3.19. The maximum Gasteiger partial charge on any atom is 0.164 e. The molecule has 4 nitrogen and oxygen atoms in total. The Hall–Kier alpha value is -2.62. The third-order valence-electron chi connectivity index (χ3n) is 4.49. The normalized spacial score (nSPS) is 11.6. The number of carbonyl (C=O) groups excluding carboxylic acids is 1. The van der Waals surface area contributed by atoms with E-state index in [-0.39, 0.29) is 37.1 Å². The second kappa shape index (κ2) is 11.8. The van der Waals surface area contributed by atoms with Crippen LogP contribution in [0.1, 0.15) is 41.5 Å². The number of hydrogen-bond acceptors (Lipinski definition) is 4. The molecular formula is C27H31IrN2O2-. The average molecular weight is 608 g/mol. The van der Waals surface area contributed by atoms with E-state index in [9.17, 15) is 9.90 Å². The van der Waals surface area contributed by atoms with Crippen molar-refractivity contribution in [2.45, 2.75) is 41.5 Å². The van der Waals surface area contributed by atoms with Gasteiger partial charge in [-0.2, -0.15) is 0 Å². The first-order valence-electron chi connectivity index (χ1n) is 10.3. The summed E-state index contributed by atoms with van der Waals surface area (Å²) in [6.07, 6.45) is 4.91. The number of allylic oxidation sites excluding steroid dienone is 2. The Labute approximate surface area is 205 Å². The Morgan fingerprint density at radius 1 is 0.844 bits per heavy atom. The monoisotopic (exact) mass is 608 g/mol. The zero-order valence-corrected chi connectivity index (χ0v) is 21.9. The van der Waals surface area contributed by atoms with Crippen molar-refractivity contribution in [1.82, 2.24) is 9.97 Å². The Morgan fingerprint density at radius 2 is 1.41 bits per heavy atom. The molecule has 0 aliphatic carbocycles. The summed E-state index contributed by atoms with van der Waals surface area (Å²) in [6.45, 7) is 11.1. The molecule has 2 heterocycles. The van der Waals surface area contributed by atoms with Crippen LogP contribution in [0.5, 0.6) is 0 Å². The van der Waals surface area contributed by atoms with Crippen molar-refractivity contribution in [3.05, 3.63) is 84.9 Å². The number of benzene rings is 1. The van der Waals surface area contributed by atoms with Crippen molar-refractivity contribution >= 4 is 5.78 Å². The Kier molecular flexibility index (Phi) is 10.1. The maximum absolute atomic E-state index is 11.5. The first-order chi connectivity index (χ1) is 14.5. The van der Waals surface area contributed by atoms with Crippen molar-refractivity contribution < 1.29 is 30.0 Å². The van der Waals surface area contributed by atoms with Crippen molar-refractivity contribution in [2.24, 2.45) is 10.8 Å². The third-order valence-corrected chi connectivity index (χ3v) is 4.49. The molecule has 171 valence electrons. The second-order valence-electron chi connectivity index (χ2n) is 9.31. The molecule has 1 radical (unpaired) electrons. The van der Waals surface area contributed by atoms with Gasteiger partial charge < -0.3 is 10.1 Å². The molecule has 0 spiro atoms. The number of aromatic nitrogens is 2. The SMILES string of the molecule is CC(C)(C)C(=O)/C=C(\O)C(C)(C)C.[Ir].[c-]1cc(-c2ccccn2)ccc1-c1ccccn1. The fourth-order valence-corrected chi connectivity index (χ4v) is 2.36. The standard InChI is InChI=1S/C16H11N2.C11H20O2.Ir/c1-3-11-17-15(5-1)13-7-9-14(10-8-13)16-6-2-4-12-18-16;1-10(2,3)8(12)7-9(13)11(4,5)6;/h1-9,11-12H;7,12H,1-6H3;/q-1;;/b;8-7-;. The fraction of sp³-hybridized carbons (Fsp3) is 0.296. The molecular weight excluding hydrogens is 577 g/mol. The van der Waals surface area contributed by atoms with Crippen molar-refractivity contribution in [3.8, 4) is 22.5 Å². The maximum atomic E-state index is 11.5. The molecule has 0 aliphatic heterocycles. The molecule has 1 N–H and O–H groups in total. The van der Waals surface area contributed by atoms with Gasteiger partial charge in [0.25, 0.3) is 0 Å². The van der Waals surface area contributed by atoms with Gasteiger partial charge in [0, 0.05) is 55.1 Å². The average Bonchev–Trinajstić information content (AvgIpc) is 2.74. The summed E-state index contributed by atoms with van der Waals surface area (Å²) < 4.78 is 0. The summed E-state index contributed by atoms with van der Waals surface area (Å²) in [5, 5.41) is 9.56. The molecule has 0 fully saturated rings. The molecule has 0 atom stereocenters. The van der Waals surface area contributed by atoms with Crippen LogP contribution in [0.15, 0.2) is 78.8 Å². The third kappa shape index (κ3) is 8.49. The molecule has 0 unspecified atom stereocenters. The minimum Gasteiger partial charge on any atom is -0.512 e. The molecule has 0 amide bonds. The predicted molar refractivity (Wildman–Crippen MR) is 126 cm³/mol. The smallest absolute Gasteiger partial charge is 0.164 e. The van der Waals surface area contributed by atoms with Gasteiger partial charge in [0.05, 0.1) is 0 Å². The zero-order valence-electron chi connectivity index (χ0n) is 19.5. The Morgan fingerprint density at radius 3 is 1.81 bits per heavy atom. The first-order valence-corrected chi connectivity index (χ1v) is 10.3. The van der Waals surface area contributed by atoms with Gasteiger partial charge in [-0.05, 0) is 23.9 Å². The van der Waals surface area contributed by atoms with Gasteiger partial charge >= 0.3 is 0 Å². The number of pyridine rings is 2. The number of aliphatic hydroxyl groups is 1. The minimum atomic E-state index is -0.417. The molecule has 2 aromatic heterocycles. The number of carbonyl (C=O) groups is 1. The van der Waals surface area contributed by atoms with E-state index in [1.807, 2.05) is 96.1 Å². The molecule has 1 aromatic carbocycles. The van der Waals surface area contributed by atoms with Crippen LogP contribution >= 0.6 is 0 Å². The summed E-state index contributed by atoms with van der Waals surface area (Å²) in [5.74, 6) is 0.104. The fourth-order valence-electron chi connectivity index (χ4n) is 2.36. The van der Waals surface area contributed by atoms with E-state index < -0.39 is 5.41 Å². The summed E-state index contributed by atoms with van der Waals surface area (Å²) in [4.78, 5) is 20.1. The van der Waals surface area contributed by atoms with Crippen LogP contribution in [0.25, 0.3) is 22.5 Å². The van der Waals surface area contributed by atoms with Crippen LogP contribution in [0.4, 0.5) is 0 Å². The van der Waals surface area contributed by atoms with E-state index in [0.717, 1.165) is 22.5 Å². The number of nitrogens with zero attached hydrogens (tertiary/aromatic N) is 2. The molecule has 3 aromatic rings. The van der Waals surface area contributed by atoms with Crippen LogP contribution in [-0.2, 0) is 24.9 Å². The summed E-state index contributed by atoms with van der Waals surface area (Å²) in [7, 11) is 0. The van der Waals surface area contributed by atoms with E-state index in [0.29, 0.717) is 0 Å². The van der Waals surface area contributed by atoms with Gasteiger partial charge in [0.15, 0.2) is 5.78 Å². The second-order valence-corrected chi connectivity index (χ2v) is 9.31. The van der Waals surface area contributed by atoms with E-state index in [2.05, 4.69) is 16.0 Å². The molecule has 32 heavy (non-hydrogen) atoms. The van der Waals surface area contributed by atoms with E-state index >= 15 is 0 Å². The van der Waals surface area contributed by atoms with E-state index in [1.54, 1.807) is 12.4 Å². The van der Waals surface area contributed by atoms with Crippen molar-refractivity contribution in [1.29, 1.82) is 0 Å². The molecule has 0 aliphatic rings. The molecule has 3 rings (SSSR count). The van der Waals surface area contributed by atoms with E-state index in [4.69, 9.17) is 0 Å². The number of rotatable bonds is 3. The first kappa shape index (κ1) is 27.4. The Balaban J connectivity index is 0.000000330. The number of hydrogen-bond donors (Lipinski definition) is 1. The van der Waals surface area contributed by atoms with Gasteiger partial charge in [-0.1, -0.05) is 65.3 Å². The van der Waals surface area contributed by atoms with Gasteiger partial charge in [0.2, 0.25) is 0 Å². The van der Waals surface area contributed by atoms with Crippen LogP contribution in [0.3, 0.4) is 0 Å². The minimum absolute atomic E-state index is 0. The Bertz CT molecular complexity index is 943. The number of aliphatic hydroxyl groups excluding tert-OH is 1. The predicted octanol–water partition coefficient (Wildman–Crippen LogP) is 6.70. The van der Waals surface area contributed by atoms with Gasteiger partial charge in [-0.15, -0.1) is 29.8 Å². The largest absolute Gasteiger partial charge is 0.512 e. The van der Waals surface area contributed by atoms with Crippen LogP contribution in [0, 0.1) is 16.9 Å². The van der Waals surface area contributed by atoms with Crippen molar-refractivity contribution in [3.63, 3.8) is 0 Å². The molecule has 0 bridgehead atoms. The van der Waals surface area contributed by atoms with Gasteiger partial charge in [-0.3, -0.25) is 9.78 Å². The van der Waals surface area contributed by atoms with Gasteiger partial charge in [0.1, 0.15) is 5.76 Å². The summed E-state index contributed by atoms with van der Waals surface area (Å²) >= 11 is 0. The molecule has 0 saturated heterocycles. The topological polar surface area (TPSA) is 63.1 Å². The summed E-state index contributed by atoms with van der Waals surface area (Å²) in [6, 6.07) is 21.0. The van der Waals surface area contributed by atoms with Gasteiger partial charge in [-0.25, -0.2) is 0 Å². The zero-order chi connectivity index (χ0) is 23.1. The van der Waals surface area contributed by atoms with E-state index in [1.165, 1.54) is 6.08 Å². The van der Waals surface area contributed by atoms with Crippen LogP contribution < -0.4 is 0 Å². The van der Waals surface area contributed by atoms with Crippen LogP contribution in [0.2, 0.25) is 0 Å². The number of ketones is 1. The van der Waals surface area contributed by atoms with Crippen molar-refractivity contribution in [2.75, 3.05) is 0 Å². The quantitative estimate of drug-likeness (QED) is 0.205. The molecule has 0 saturated carbocycles.